The van der Waals surface area contributed by atoms with E-state index in [1.54, 1.807) is 34.1 Å². The summed E-state index contributed by atoms with van der Waals surface area (Å²) in [6.07, 6.45) is 1.74. The van der Waals surface area contributed by atoms with Crippen LogP contribution in [0.3, 0.4) is 0 Å². The minimum atomic E-state index is -0.0212. The van der Waals surface area contributed by atoms with E-state index in [1.165, 1.54) is 16.7 Å². The van der Waals surface area contributed by atoms with Crippen LogP contribution >= 0.6 is 34.9 Å². The van der Waals surface area contributed by atoms with E-state index in [4.69, 9.17) is 4.99 Å². The smallest absolute Gasteiger partial charge is 0.269 e. The number of carbonyl (C=O) groups excluding carboxylic acids is 1. The molecule has 2 aliphatic heterocycles. The van der Waals surface area contributed by atoms with Crippen molar-refractivity contribution < 1.29 is 4.79 Å². The fourth-order valence-electron chi connectivity index (χ4n) is 3.63. The molecule has 0 atom stereocenters. The first-order valence-electron chi connectivity index (χ1n) is 9.94. The van der Waals surface area contributed by atoms with Gasteiger partial charge in [-0.05, 0) is 55.9 Å². The summed E-state index contributed by atoms with van der Waals surface area (Å²) >= 11 is 4.75. The van der Waals surface area contributed by atoms with E-state index in [2.05, 4.69) is 35.5 Å². The number of amidine groups is 1. The quantitative estimate of drug-likeness (QED) is 0.342. The Kier molecular flexibility index (Phi) is 5.37. The Labute approximate surface area is 193 Å². The van der Waals surface area contributed by atoms with Crippen molar-refractivity contribution in [1.82, 2.24) is 9.88 Å². The van der Waals surface area contributed by atoms with E-state index in [9.17, 15) is 4.79 Å². The Hall–Kier alpha value is -2.55. The average molecular weight is 465 g/mol. The van der Waals surface area contributed by atoms with Crippen LogP contribution in [0.15, 0.2) is 74.9 Å². The molecule has 0 radical (unpaired) electrons. The molecule has 1 amide bonds. The third-order valence-electron chi connectivity index (χ3n) is 5.00. The number of aromatic nitrogens is 1. The number of hydrogen-bond acceptors (Lipinski definition) is 7. The normalized spacial score (nSPS) is 19.7. The van der Waals surface area contributed by atoms with Gasteiger partial charge in [0.25, 0.3) is 5.91 Å². The Bertz CT molecular complexity index is 1280. The van der Waals surface area contributed by atoms with Gasteiger partial charge in [-0.1, -0.05) is 30.0 Å². The molecule has 0 N–H and O–H groups in total. The highest BCUT2D eigenvalue weighted by atomic mass is 32.2. The molecule has 5 nitrogen and oxygen atoms in total. The fourth-order valence-corrected chi connectivity index (χ4v) is 6.90. The van der Waals surface area contributed by atoms with Gasteiger partial charge in [-0.3, -0.25) is 9.69 Å². The number of benzene rings is 2. The average Bonchev–Trinajstić information content (AvgIpc) is 3.41. The van der Waals surface area contributed by atoms with Gasteiger partial charge in [-0.15, -0.1) is 17.9 Å². The molecule has 1 saturated heterocycles. The zero-order valence-electron chi connectivity index (χ0n) is 17.2. The molecule has 2 aromatic carbocycles. The highest BCUT2D eigenvalue weighted by Crippen LogP contribution is 2.50. The summed E-state index contributed by atoms with van der Waals surface area (Å²) < 4.78 is 1.10. The van der Waals surface area contributed by atoms with Crippen molar-refractivity contribution in [1.29, 1.82) is 0 Å². The molecular formula is C23H20N4OS3. The molecule has 3 aromatic rings. The molecule has 0 saturated carbocycles. The zero-order valence-corrected chi connectivity index (χ0v) is 19.6. The standard InChI is InChI=1S/C23H20N4OS3/c1-4-12-27-21(28)20(22-26(5-2)17-8-6-7-9-18(17)30-22)31-23(27)25-15-10-11-16-19(13-15)29-14(3)24-16/h4,6-11,13H,1,5,12H2,2-3H3/b22-20-,25-23?. The van der Waals surface area contributed by atoms with Crippen molar-refractivity contribution in [3.05, 3.63) is 70.1 Å². The molecular weight excluding hydrogens is 444 g/mol. The monoisotopic (exact) mass is 464 g/mol. The molecule has 0 spiro atoms. The molecule has 2 aliphatic rings. The minimum absolute atomic E-state index is 0.0212. The second-order valence-electron chi connectivity index (χ2n) is 7.03. The molecule has 0 aliphatic carbocycles. The minimum Gasteiger partial charge on any atom is -0.334 e. The SMILES string of the molecule is C=CCN1C(=O)/C(=C2/Sc3ccccc3N2CC)SC1=Nc1ccc2nc(C)sc2c1. The van der Waals surface area contributed by atoms with Crippen LogP contribution in [0, 0.1) is 6.92 Å². The number of thiazole rings is 1. The largest absolute Gasteiger partial charge is 0.334 e. The van der Waals surface area contributed by atoms with Crippen molar-refractivity contribution in [3.8, 4) is 0 Å². The van der Waals surface area contributed by atoms with Gasteiger partial charge < -0.3 is 4.90 Å². The second-order valence-corrected chi connectivity index (χ2v) is 10.3. The van der Waals surface area contributed by atoms with E-state index in [-0.39, 0.29) is 5.91 Å². The number of aliphatic imine (C=N–C) groups is 1. The van der Waals surface area contributed by atoms with Gasteiger partial charge in [0.1, 0.15) is 9.93 Å². The van der Waals surface area contributed by atoms with E-state index in [1.807, 2.05) is 37.3 Å². The van der Waals surface area contributed by atoms with Crippen molar-refractivity contribution in [2.75, 3.05) is 18.0 Å². The lowest BCUT2D eigenvalue weighted by Crippen LogP contribution is -2.30. The molecule has 5 rings (SSSR count). The maximum atomic E-state index is 13.4. The number of hydrogen-bond donors (Lipinski definition) is 0. The number of amides is 1. The van der Waals surface area contributed by atoms with Crippen LogP contribution in [0.5, 0.6) is 0 Å². The van der Waals surface area contributed by atoms with Crippen LogP contribution < -0.4 is 4.90 Å². The van der Waals surface area contributed by atoms with Gasteiger partial charge in [-0.25, -0.2) is 9.98 Å². The van der Waals surface area contributed by atoms with Crippen LogP contribution in [-0.2, 0) is 4.79 Å². The third-order valence-corrected chi connectivity index (χ3v) is 8.31. The van der Waals surface area contributed by atoms with Crippen LogP contribution in [-0.4, -0.2) is 34.0 Å². The van der Waals surface area contributed by atoms with Crippen LogP contribution in [0.2, 0.25) is 0 Å². The first kappa shape index (κ1) is 20.4. The van der Waals surface area contributed by atoms with Crippen LogP contribution in [0.25, 0.3) is 10.2 Å². The molecule has 156 valence electrons. The highest BCUT2D eigenvalue weighted by molar-refractivity contribution is 8.19. The number of carbonyl (C=O) groups is 1. The number of thioether (sulfide) groups is 2. The predicted molar refractivity (Wildman–Crippen MR) is 133 cm³/mol. The van der Waals surface area contributed by atoms with Gasteiger partial charge in [-0.2, -0.15) is 0 Å². The van der Waals surface area contributed by atoms with Crippen LogP contribution in [0.1, 0.15) is 11.9 Å². The van der Waals surface area contributed by atoms with Gasteiger partial charge in [0.15, 0.2) is 5.17 Å². The molecule has 1 aromatic heterocycles. The molecule has 1 fully saturated rings. The fraction of sp³-hybridized carbons (Fsp3) is 0.174. The highest BCUT2D eigenvalue weighted by Gasteiger charge is 2.39. The van der Waals surface area contributed by atoms with Gasteiger partial charge in [0, 0.05) is 18.0 Å². The number of para-hydroxylation sites is 1. The molecule has 31 heavy (non-hydrogen) atoms. The van der Waals surface area contributed by atoms with E-state index in [0.717, 1.165) is 43.1 Å². The van der Waals surface area contributed by atoms with Crippen molar-refractivity contribution in [2.24, 2.45) is 4.99 Å². The predicted octanol–water partition coefficient (Wildman–Crippen LogP) is 6.15. The number of aryl methyl sites for hydroxylation is 1. The summed E-state index contributed by atoms with van der Waals surface area (Å²) in [4.78, 5) is 28.6. The summed E-state index contributed by atoms with van der Waals surface area (Å²) in [6, 6.07) is 14.2. The summed E-state index contributed by atoms with van der Waals surface area (Å²) in [5.41, 5.74) is 2.95. The Morgan fingerprint density at radius 1 is 1.16 bits per heavy atom. The molecule has 0 unspecified atom stereocenters. The molecule has 0 bridgehead atoms. The van der Waals surface area contributed by atoms with Gasteiger partial charge >= 0.3 is 0 Å². The number of anilines is 1. The Morgan fingerprint density at radius 2 is 2.00 bits per heavy atom. The lowest BCUT2D eigenvalue weighted by Gasteiger charge is -2.19. The van der Waals surface area contributed by atoms with Crippen molar-refractivity contribution >= 4 is 67.5 Å². The van der Waals surface area contributed by atoms with Gasteiger partial charge in [0.05, 0.1) is 26.6 Å². The summed E-state index contributed by atoms with van der Waals surface area (Å²) in [7, 11) is 0. The number of nitrogens with zero attached hydrogens (tertiary/aromatic N) is 4. The Morgan fingerprint density at radius 3 is 2.81 bits per heavy atom. The maximum Gasteiger partial charge on any atom is 0.269 e. The van der Waals surface area contributed by atoms with E-state index >= 15 is 0 Å². The van der Waals surface area contributed by atoms with Crippen molar-refractivity contribution in [2.45, 2.75) is 18.7 Å². The second kappa shape index (κ2) is 8.18. The molecule has 3 heterocycles. The van der Waals surface area contributed by atoms with Crippen LogP contribution in [0.4, 0.5) is 11.4 Å². The van der Waals surface area contributed by atoms with Crippen molar-refractivity contribution in [3.63, 3.8) is 0 Å². The number of fused-ring (bicyclic) bond motifs is 2. The van der Waals surface area contributed by atoms with Gasteiger partial charge in [0.2, 0.25) is 0 Å². The topological polar surface area (TPSA) is 48.8 Å². The third kappa shape index (κ3) is 3.58. The Balaban J connectivity index is 1.56. The lowest BCUT2D eigenvalue weighted by molar-refractivity contribution is -0.121. The van der Waals surface area contributed by atoms with E-state index in [0.29, 0.717) is 11.7 Å². The maximum absolute atomic E-state index is 13.4. The van der Waals surface area contributed by atoms with E-state index < -0.39 is 0 Å². The first-order chi connectivity index (χ1) is 15.1. The molecule has 8 heteroatoms. The zero-order chi connectivity index (χ0) is 21.5. The summed E-state index contributed by atoms with van der Waals surface area (Å²) in [6.45, 7) is 9.16. The number of rotatable bonds is 4. The summed E-state index contributed by atoms with van der Waals surface area (Å²) in [5, 5.41) is 2.69. The first-order valence-corrected chi connectivity index (χ1v) is 12.4. The summed E-state index contributed by atoms with van der Waals surface area (Å²) in [5.74, 6) is -0.0212. The lowest BCUT2D eigenvalue weighted by atomic mass is 10.3.